The lowest BCUT2D eigenvalue weighted by Gasteiger charge is -2.12. The Kier molecular flexibility index (Phi) is 3.84. The summed E-state index contributed by atoms with van der Waals surface area (Å²) in [7, 11) is 3.86. The van der Waals surface area contributed by atoms with E-state index in [9.17, 15) is 9.50 Å². The zero-order valence-corrected chi connectivity index (χ0v) is 8.64. The van der Waals surface area contributed by atoms with E-state index in [-0.39, 0.29) is 5.82 Å². The number of thiophene rings is 1. The van der Waals surface area contributed by atoms with Crippen LogP contribution >= 0.6 is 11.3 Å². The smallest absolute Gasteiger partial charge is 0.139 e. The van der Waals surface area contributed by atoms with Crippen LogP contribution in [0.15, 0.2) is 11.4 Å². The fraction of sp³-hybridized carbons (Fsp3) is 0.556. The fourth-order valence-corrected chi connectivity index (χ4v) is 1.84. The third-order valence-electron chi connectivity index (χ3n) is 1.80. The zero-order valence-electron chi connectivity index (χ0n) is 7.83. The van der Waals surface area contributed by atoms with Gasteiger partial charge in [0, 0.05) is 6.54 Å². The van der Waals surface area contributed by atoms with Gasteiger partial charge in [0.05, 0.1) is 11.0 Å². The fourth-order valence-electron chi connectivity index (χ4n) is 1.05. The van der Waals surface area contributed by atoms with Crippen LogP contribution in [0.4, 0.5) is 4.39 Å². The average molecular weight is 203 g/mol. The van der Waals surface area contributed by atoms with Crippen LogP contribution in [0.5, 0.6) is 0 Å². The van der Waals surface area contributed by atoms with Gasteiger partial charge >= 0.3 is 0 Å². The van der Waals surface area contributed by atoms with Gasteiger partial charge in [0.1, 0.15) is 5.82 Å². The quantitative estimate of drug-likeness (QED) is 0.807. The first-order valence-corrected chi connectivity index (χ1v) is 5.05. The second-order valence-electron chi connectivity index (χ2n) is 3.24. The van der Waals surface area contributed by atoms with Crippen molar-refractivity contribution in [1.29, 1.82) is 0 Å². The Morgan fingerprint density at radius 3 is 2.77 bits per heavy atom. The highest BCUT2D eigenvalue weighted by Crippen LogP contribution is 2.25. The Morgan fingerprint density at radius 1 is 1.62 bits per heavy atom. The summed E-state index contributed by atoms with van der Waals surface area (Å²) in [5, 5.41) is 11.2. The van der Waals surface area contributed by atoms with Crippen molar-refractivity contribution < 1.29 is 9.50 Å². The van der Waals surface area contributed by atoms with E-state index < -0.39 is 6.10 Å². The third-order valence-corrected chi connectivity index (χ3v) is 2.79. The minimum absolute atomic E-state index is 0.295. The lowest BCUT2D eigenvalue weighted by atomic mass is 10.2. The SMILES string of the molecule is CN(C)CCC(O)c1sccc1F. The molecule has 0 aliphatic rings. The van der Waals surface area contributed by atoms with Gasteiger partial charge in [-0.1, -0.05) is 0 Å². The molecule has 1 atom stereocenters. The van der Waals surface area contributed by atoms with Crippen molar-refractivity contribution in [2.45, 2.75) is 12.5 Å². The summed E-state index contributed by atoms with van der Waals surface area (Å²) in [6, 6.07) is 1.39. The number of aliphatic hydroxyl groups excluding tert-OH is 1. The molecule has 1 N–H and O–H groups in total. The largest absolute Gasteiger partial charge is 0.387 e. The number of hydrogen-bond acceptors (Lipinski definition) is 3. The molecule has 0 saturated heterocycles. The standard InChI is InChI=1S/C9H14FNOS/c1-11(2)5-3-8(12)9-7(10)4-6-13-9/h4,6,8,12H,3,5H2,1-2H3. The first-order chi connectivity index (χ1) is 6.11. The number of nitrogens with zero attached hydrogens (tertiary/aromatic N) is 1. The average Bonchev–Trinajstić information content (AvgIpc) is 2.47. The summed E-state index contributed by atoms with van der Waals surface area (Å²) in [6.07, 6.45) is -0.0906. The molecular formula is C9H14FNOS. The second-order valence-corrected chi connectivity index (χ2v) is 4.19. The van der Waals surface area contributed by atoms with E-state index in [1.54, 1.807) is 5.38 Å². The van der Waals surface area contributed by atoms with Crippen LogP contribution in [0.25, 0.3) is 0 Å². The molecule has 74 valence electrons. The molecule has 1 heterocycles. The Labute approximate surface area is 81.6 Å². The molecule has 2 nitrogen and oxygen atoms in total. The minimum Gasteiger partial charge on any atom is -0.387 e. The van der Waals surface area contributed by atoms with E-state index >= 15 is 0 Å². The van der Waals surface area contributed by atoms with Crippen molar-refractivity contribution in [3.8, 4) is 0 Å². The van der Waals surface area contributed by atoms with Crippen molar-refractivity contribution >= 4 is 11.3 Å². The van der Waals surface area contributed by atoms with E-state index in [2.05, 4.69) is 0 Å². The third kappa shape index (κ3) is 3.06. The van der Waals surface area contributed by atoms with Gasteiger partial charge in [-0.3, -0.25) is 0 Å². The zero-order chi connectivity index (χ0) is 9.84. The molecule has 13 heavy (non-hydrogen) atoms. The van der Waals surface area contributed by atoms with E-state index in [0.717, 1.165) is 6.54 Å². The minimum atomic E-state index is -0.664. The molecule has 0 bridgehead atoms. The molecule has 0 aromatic carbocycles. The number of rotatable bonds is 4. The summed E-state index contributed by atoms with van der Waals surface area (Å²) in [4.78, 5) is 2.41. The van der Waals surface area contributed by atoms with Crippen LogP contribution in [0, 0.1) is 5.82 Å². The predicted molar refractivity (Wildman–Crippen MR) is 52.4 cm³/mol. The molecule has 0 aliphatic heterocycles. The van der Waals surface area contributed by atoms with Gasteiger partial charge in [-0.15, -0.1) is 11.3 Å². The Hall–Kier alpha value is -0.450. The van der Waals surface area contributed by atoms with Gasteiger partial charge in [0.15, 0.2) is 0 Å². The van der Waals surface area contributed by atoms with Crippen molar-refractivity contribution in [2.75, 3.05) is 20.6 Å². The van der Waals surface area contributed by atoms with E-state index in [1.165, 1.54) is 17.4 Å². The molecule has 4 heteroatoms. The topological polar surface area (TPSA) is 23.5 Å². The number of halogens is 1. The van der Waals surface area contributed by atoms with Crippen LogP contribution in [0.3, 0.4) is 0 Å². The maximum absolute atomic E-state index is 13.0. The van der Waals surface area contributed by atoms with Gasteiger partial charge in [-0.25, -0.2) is 4.39 Å². The van der Waals surface area contributed by atoms with Gasteiger partial charge in [0.25, 0.3) is 0 Å². The molecule has 0 amide bonds. The Bertz CT molecular complexity index is 262. The summed E-state index contributed by atoms with van der Waals surface area (Å²) in [5.74, 6) is -0.295. The van der Waals surface area contributed by atoms with Crippen molar-refractivity contribution in [1.82, 2.24) is 4.90 Å². The Balaban J connectivity index is 2.49. The van der Waals surface area contributed by atoms with Gasteiger partial charge < -0.3 is 10.0 Å². The lowest BCUT2D eigenvalue weighted by molar-refractivity contribution is 0.154. The normalized spacial score (nSPS) is 13.6. The summed E-state index contributed by atoms with van der Waals surface area (Å²) in [6.45, 7) is 0.762. The van der Waals surface area contributed by atoms with Gasteiger partial charge in [-0.2, -0.15) is 0 Å². The highest BCUT2D eigenvalue weighted by molar-refractivity contribution is 7.10. The van der Waals surface area contributed by atoms with Gasteiger partial charge in [-0.05, 0) is 32.0 Å². The number of hydrogen-bond donors (Lipinski definition) is 1. The van der Waals surface area contributed by atoms with Gasteiger partial charge in [0.2, 0.25) is 0 Å². The monoisotopic (exact) mass is 203 g/mol. The molecule has 0 radical (unpaired) electrons. The number of aliphatic hydroxyl groups is 1. The molecular weight excluding hydrogens is 189 g/mol. The molecule has 0 spiro atoms. The highest BCUT2D eigenvalue weighted by atomic mass is 32.1. The van der Waals surface area contributed by atoms with Crippen LogP contribution < -0.4 is 0 Å². The second kappa shape index (κ2) is 4.69. The summed E-state index contributed by atoms with van der Waals surface area (Å²) in [5.41, 5.74) is 0. The summed E-state index contributed by atoms with van der Waals surface area (Å²) < 4.78 is 13.0. The van der Waals surface area contributed by atoms with Crippen LogP contribution in [0.1, 0.15) is 17.4 Å². The highest BCUT2D eigenvalue weighted by Gasteiger charge is 2.13. The molecule has 1 rings (SSSR count). The summed E-state index contributed by atoms with van der Waals surface area (Å²) >= 11 is 1.27. The first kappa shape index (κ1) is 10.6. The van der Waals surface area contributed by atoms with Crippen LogP contribution in [0.2, 0.25) is 0 Å². The molecule has 1 aromatic rings. The van der Waals surface area contributed by atoms with E-state index in [4.69, 9.17) is 0 Å². The molecule has 0 saturated carbocycles. The first-order valence-electron chi connectivity index (χ1n) is 4.17. The molecule has 1 aromatic heterocycles. The van der Waals surface area contributed by atoms with Crippen LogP contribution in [-0.4, -0.2) is 30.6 Å². The van der Waals surface area contributed by atoms with Crippen LogP contribution in [-0.2, 0) is 0 Å². The van der Waals surface area contributed by atoms with Crippen molar-refractivity contribution in [3.63, 3.8) is 0 Å². The predicted octanol–water partition coefficient (Wildman–Crippen LogP) is 1.87. The Morgan fingerprint density at radius 2 is 2.31 bits per heavy atom. The molecule has 0 fully saturated rings. The maximum atomic E-state index is 13.0. The lowest BCUT2D eigenvalue weighted by Crippen LogP contribution is -2.15. The van der Waals surface area contributed by atoms with E-state index in [0.29, 0.717) is 11.3 Å². The maximum Gasteiger partial charge on any atom is 0.139 e. The molecule has 1 unspecified atom stereocenters. The van der Waals surface area contributed by atoms with Crippen molar-refractivity contribution in [3.05, 3.63) is 22.1 Å². The molecule has 0 aliphatic carbocycles. The van der Waals surface area contributed by atoms with Crippen molar-refractivity contribution in [2.24, 2.45) is 0 Å². The van der Waals surface area contributed by atoms with E-state index in [1.807, 2.05) is 19.0 Å².